The summed E-state index contributed by atoms with van der Waals surface area (Å²) >= 11 is 6.73. The van der Waals surface area contributed by atoms with Crippen molar-refractivity contribution in [2.45, 2.75) is 44.3 Å². The Morgan fingerprint density at radius 3 is 2.67 bits per heavy atom. The van der Waals surface area contributed by atoms with Crippen molar-refractivity contribution in [3.05, 3.63) is 89.1 Å². The van der Waals surface area contributed by atoms with Crippen molar-refractivity contribution < 1.29 is 13.9 Å². The number of nitrogens with zero attached hydrogens (tertiary/aromatic N) is 8. The molecule has 1 amide bonds. The van der Waals surface area contributed by atoms with Crippen LogP contribution in [0, 0.1) is 17.3 Å². The Balaban J connectivity index is 1.19. The number of halogens is 2. The van der Waals surface area contributed by atoms with Crippen molar-refractivity contribution in [3.63, 3.8) is 0 Å². The molecular formula is C37H38ClFN8O2. The third-order valence-corrected chi connectivity index (χ3v) is 10.3. The number of carbonyl (C=O) groups is 1. The maximum atomic E-state index is 13.6. The summed E-state index contributed by atoms with van der Waals surface area (Å²) in [5, 5.41) is 12.6. The summed E-state index contributed by atoms with van der Waals surface area (Å²) in [6.45, 7) is 8.09. The van der Waals surface area contributed by atoms with Gasteiger partial charge >= 0.3 is 6.01 Å². The molecule has 10 nitrogen and oxygen atoms in total. The molecule has 7 rings (SSSR count). The van der Waals surface area contributed by atoms with Crippen molar-refractivity contribution >= 4 is 45.4 Å². The lowest BCUT2D eigenvalue weighted by molar-refractivity contribution is -0.127. The molecule has 0 N–H and O–H groups in total. The summed E-state index contributed by atoms with van der Waals surface area (Å²) in [7, 11) is 2.12. The predicted octanol–water partition coefficient (Wildman–Crippen LogP) is 5.50. The van der Waals surface area contributed by atoms with Gasteiger partial charge < -0.3 is 24.3 Å². The minimum Gasteiger partial charge on any atom is -0.462 e. The van der Waals surface area contributed by atoms with E-state index in [1.54, 1.807) is 4.90 Å². The van der Waals surface area contributed by atoms with Gasteiger partial charge in [-0.25, -0.2) is 4.98 Å². The van der Waals surface area contributed by atoms with Crippen LogP contribution in [0.2, 0.25) is 5.02 Å². The van der Waals surface area contributed by atoms with E-state index < -0.39 is 12.0 Å². The zero-order valence-electron chi connectivity index (χ0n) is 27.5. The van der Waals surface area contributed by atoms with Crippen LogP contribution < -0.4 is 14.5 Å². The highest BCUT2D eigenvalue weighted by Crippen LogP contribution is 2.37. The van der Waals surface area contributed by atoms with Crippen molar-refractivity contribution in [2.24, 2.45) is 0 Å². The number of likely N-dealkylation sites (N-methyl/N-ethyl adjacent to an activating group) is 1. The highest BCUT2D eigenvalue weighted by atomic mass is 35.5. The number of piperazine rings is 1. The van der Waals surface area contributed by atoms with Gasteiger partial charge in [0, 0.05) is 66.2 Å². The van der Waals surface area contributed by atoms with Crippen LogP contribution in [0.4, 0.5) is 15.9 Å². The van der Waals surface area contributed by atoms with Gasteiger partial charge in [0.1, 0.15) is 12.4 Å². The fraction of sp³-hybridized carbons (Fsp3) is 0.378. The van der Waals surface area contributed by atoms with Crippen LogP contribution in [0.15, 0.2) is 61.3 Å². The summed E-state index contributed by atoms with van der Waals surface area (Å²) in [6.07, 6.45) is 4.34. The standard InChI is InChI=1S/C37H38ClFN8O2/c1-24(26-11-12-33(39)41-20-26)36(48)47-19-18-46(21-27(47)13-15-40)35-29-14-17-45(32-10-4-7-25-6-3-9-30(38)34(25)32)22-31(29)42-37(43-35)49-23-28-8-5-16-44(28)2/h3-4,6-7,9-12,20,27-28H,1,5,8,13-14,16-19,21-23H2,2H3/t27-,28-/m0/s1. The van der Waals surface area contributed by atoms with Gasteiger partial charge in [0.05, 0.1) is 35.8 Å². The number of ether oxygens (including phenoxy) is 1. The van der Waals surface area contributed by atoms with Crippen LogP contribution >= 0.6 is 11.6 Å². The van der Waals surface area contributed by atoms with Gasteiger partial charge in [0.15, 0.2) is 0 Å². The number of amides is 1. The Hall–Kier alpha value is -4.79. The molecule has 3 aliphatic rings. The second kappa shape index (κ2) is 14.0. The SMILES string of the molecule is C=C(C(=O)N1CCN(c2nc(OC[C@@H]3CCCN3C)nc3c2CCN(c2cccc4cccc(Cl)c24)C3)C[C@@H]1CC#N)c1ccc(F)nc1. The Morgan fingerprint density at radius 2 is 1.92 bits per heavy atom. The zero-order valence-corrected chi connectivity index (χ0v) is 28.2. The number of hydrogen-bond donors (Lipinski definition) is 0. The number of likely N-dealkylation sites (tertiary alicyclic amines) is 1. The van der Waals surface area contributed by atoms with Gasteiger partial charge in [-0.3, -0.25) is 4.79 Å². The molecule has 2 aromatic carbocycles. The molecule has 5 heterocycles. The molecule has 49 heavy (non-hydrogen) atoms. The lowest BCUT2D eigenvalue weighted by Gasteiger charge is -2.42. The number of anilines is 2. The summed E-state index contributed by atoms with van der Waals surface area (Å²) in [5.74, 6) is -0.144. The third-order valence-electron chi connectivity index (χ3n) is 9.98. The molecule has 12 heteroatoms. The Labute approximate surface area is 290 Å². The number of carbonyl (C=O) groups excluding carboxylic acids is 1. The highest BCUT2D eigenvalue weighted by molar-refractivity contribution is 6.36. The van der Waals surface area contributed by atoms with Crippen molar-refractivity contribution in [3.8, 4) is 12.1 Å². The Kier molecular flexibility index (Phi) is 9.34. The second-order valence-corrected chi connectivity index (χ2v) is 13.3. The maximum Gasteiger partial charge on any atom is 0.318 e. The number of aromatic nitrogens is 3. The molecule has 252 valence electrons. The first-order valence-corrected chi connectivity index (χ1v) is 17.1. The topological polar surface area (TPSA) is 102 Å². The first-order valence-electron chi connectivity index (χ1n) is 16.7. The van der Waals surface area contributed by atoms with E-state index >= 15 is 0 Å². The summed E-state index contributed by atoms with van der Waals surface area (Å²) in [5.41, 5.74) is 3.65. The molecule has 2 aromatic heterocycles. The summed E-state index contributed by atoms with van der Waals surface area (Å²) in [6, 6.07) is 17.4. The van der Waals surface area contributed by atoms with Crippen molar-refractivity contribution in [1.82, 2.24) is 24.8 Å². The largest absolute Gasteiger partial charge is 0.462 e. The van der Waals surface area contributed by atoms with Crippen LogP contribution in [0.25, 0.3) is 16.3 Å². The number of nitriles is 1. The van der Waals surface area contributed by atoms with E-state index in [1.165, 1.54) is 18.3 Å². The second-order valence-electron chi connectivity index (χ2n) is 12.9. The predicted molar refractivity (Wildman–Crippen MR) is 188 cm³/mol. The first-order chi connectivity index (χ1) is 23.8. The normalized spacial score (nSPS) is 19.5. The van der Waals surface area contributed by atoms with E-state index in [1.807, 2.05) is 12.1 Å². The quantitative estimate of drug-likeness (QED) is 0.176. The van der Waals surface area contributed by atoms with Gasteiger partial charge in [-0.15, -0.1) is 0 Å². The average molecular weight is 681 g/mol. The number of benzene rings is 2. The van der Waals surface area contributed by atoms with E-state index in [0.717, 1.165) is 59.5 Å². The molecule has 4 aromatic rings. The minimum atomic E-state index is -0.629. The molecule has 3 aliphatic heterocycles. The van der Waals surface area contributed by atoms with E-state index in [2.05, 4.69) is 63.6 Å². The van der Waals surface area contributed by atoms with Gasteiger partial charge in [-0.2, -0.15) is 19.6 Å². The fourth-order valence-electron chi connectivity index (χ4n) is 7.27. The Bertz CT molecular complexity index is 1930. The summed E-state index contributed by atoms with van der Waals surface area (Å²) < 4.78 is 19.8. The lowest BCUT2D eigenvalue weighted by Crippen LogP contribution is -2.56. The number of rotatable bonds is 8. The molecule has 0 unspecified atom stereocenters. The van der Waals surface area contributed by atoms with Crippen LogP contribution in [0.5, 0.6) is 6.01 Å². The van der Waals surface area contributed by atoms with Crippen LogP contribution in [0.1, 0.15) is 36.1 Å². The van der Waals surface area contributed by atoms with Crippen LogP contribution in [0.3, 0.4) is 0 Å². The molecule has 0 bridgehead atoms. The van der Waals surface area contributed by atoms with E-state index in [9.17, 15) is 14.4 Å². The maximum absolute atomic E-state index is 13.6. The molecular weight excluding hydrogens is 643 g/mol. The number of hydrogen-bond acceptors (Lipinski definition) is 9. The van der Waals surface area contributed by atoms with Crippen molar-refractivity contribution in [2.75, 3.05) is 56.2 Å². The fourth-order valence-corrected chi connectivity index (χ4v) is 7.55. The number of fused-ring (bicyclic) bond motifs is 2. The van der Waals surface area contributed by atoms with Crippen LogP contribution in [-0.2, 0) is 17.8 Å². The minimum absolute atomic E-state index is 0.136. The lowest BCUT2D eigenvalue weighted by atomic mass is 10.0. The molecule has 0 aliphatic carbocycles. The summed E-state index contributed by atoms with van der Waals surface area (Å²) in [4.78, 5) is 35.8. The van der Waals surface area contributed by atoms with E-state index in [-0.39, 0.29) is 17.9 Å². The molecule has 2 fully saturated rings. The van der Waals surface area contributed by atoms with Gasteiger partial charge in [0.2, 0.25) is 5.95 Å². The van der Waals surface area contributed by atoms with Gasteiger partial charge in [0.25, 0.3) is 5.91 Å². The highest BCUT2D eigenvalue weighted by Gasteiger charge is 2.35. The van der Waals surface area contributed by atoms with Gasteiger partial charge in [-0.1, -0.05) is 42.4 Å². The average Bonchev–Trinajstić information content (AvgIpc) is 3.54. The molecule has 0 spiro atoms. The first kappa shape index (κ1) is 32.7. The molecule has 2 saturated heterocycles. The van der Waals surface area contributed by atoms with Crippen LogP contribution in [-0.4, -0.2) is 89.1 Å². The van der Waals surface area contributed by atoms with Crippen molar-refractivity contribution in [1.29, 1.82) is 5.26 Å². The van der Waals surface area contributed by atoms with Gasteiger partial charge in [-0.05, 0) is 62.5 Å². The monoisotopic (exact) mass is 680 g/mol. The molecule has 0 saturated carbocycles. The molecule has 0 radical (unpaired) electrons. The third kappa shape index (κ3) is 6.63. The van der Waals surface area contributed by atoms with E-state index in [4.69, 9.17) is 26.3 Å². The van der Waals surface area contributed by atoms with E-state index in [0.29, 0.717) is 61.8 Å². The zero-order chi connectivity index (χ0) is 34.1. The smallest absolute Gasteiger partial charge is 0.318 e. The molecule has 2 atom stereocenters. The Morgan fingerprint density at radius 1 is 1.08 bits per heavy atom. The number of pyridine rings is 1.